The number of halogens is 1. The molecule has 1 aromatic carbocycles. The zero-order valence-corrected chi connectivity index (χ0v) is 7.70. The number of hydrogen-bond donors (Lipinski definition) is 0. The van der Waals surface area contributed by atoms with Gasteiger partial charge in [-0.15, -0.1) is 5.92 Å². The number of ether oxygens (including phenoxy) is 1. The Kier molecular flexibility index (Phi) is 3.01. The second-order valence-corrected chi connectivity index (χ2v) is 2.57. The van der Waals surface area contributed by atoms with Gasteiger partial charge < -0.3 is 4.74 Å². The van der Waals surface area contributed by atoms with Crippen LogP contribution in [0, 0.1) is 17.9 Å². The normalized spacial score (nSPS) is 8.58. The second-order valence-electron chi connectivity index (χ2n) is 2.16. The van der Waals surface area contributed by atoms with Crippen molar-refractivity contribution in [2.45, 2.75) is 6.92 Å². The van der Waals surface area contributed by atoms with Crippen LogP contribution in [0.2, 0.25) is 5.02 Å². The van der Waals surface area contributed by atoms with Gasteiger partial charge in [-0.05, 0) is 19.1 Å². The fourth-order valence-electron chi connectivity index (χ4n) is 0.836. The molecule has 2 heteroatoms. The Labute approximate surface area is 77.3 Å². The first-order valence-corrected chi connectivity index (χ1v) is 3.83. The van der Waals surface area contributed by atoms with Crippen LogP contribution in [0.5, 0.6) is 5.75 Å². The van der Waals surface area contributed by atoms with Crippen LogP contribution in [0.15, 0.2) is 12.1 Å². The van der Waals surface area contributed by atoms with Gasteiger partial charge in [0.15, 0.2) is 0 Å². The quantitative estimate of drug-likeness (QED) is 0.602. The average Bonchev–Trinajstić information content (AvgIpc) is 2.04. The summed E-state index contributed by atoms with van der Waals surface area (Å²) in [6, 6.07) is 6.38. The van der Waals surface area contributed by atoms with Crippen LogP contribution in [-0.2, 0) is 0 Å². The average molecular weight is 180 g/mol. The van der Waals surface area contributed by atoms with Crippen LogP contribution in [0.1, 0.15) is 12.5 Å². The molecule has 0 spiro atoms. The lowest BCUT2D eigenvalue weighted by molar-refractivity contribution is 0.414. The van der Waals surface area contributed by atoms with Crippen LogP contribution in [0.3, 0.4) is 0 Å². The monoisotopic (exact) mass is 179 g/mol. The first kappa shape index (κ1) is 8.96. The predicted octanol–water partition coefficient (Wildman–Crippen LogP) is 2.52. The highest BCUT2D eigenvalue weighted by Crippen LogP contribution is 2.18. The van der Waals surface area contributed by atoms with E-state index in [-0.39, 0.29) is 0 Å². The van der Waals surface area contributed by atoms with Crippen molar-refractivity contribution in [2.24, 2.45) is 0 Å². The SMILES string of the molecule is CC#Cc1cc(Cl)[c]c(OC)c1. The van der Waals surface area contributed by atoms with E-state index in [0.29, 0.717) is 10.8 Å². The third-order valence-corrected chi connectivity index (χ3v) is 1.50. The molecule has 0 fully saturated rings. The van der Waals surface area contributed by atoms with Crippen LogP contribution in [0.25, 0.3) is 0 Å². The lowest BCUT2D eigenvalue weighted by Gasteiger charge is -1.99. The van der Waals surface area contributed by atoms with Crippen molar-refractivity contribution in [3.05, 3.63) is 28.8 Å². The van der Waals surface area contributed by atoms with Crippen molar-refractivity contribution in [3.8, 4) is 17.6 Å². The molecule has 0 aromatic heterocycles. The van der Waals surface area contributed by atoms with E-state index in [4.69, 9.17) is 16.3 Å². The van der Waals surface area contributed by atoms with Gasteiger partial charge in [-0.25, -0.2) is 0 Å². The Hall–Kier alpha value is -1.13. The molecule has 0 saturated carbocycles. The molecule has 1 radical (unpaired) electrons. The third-order valence-electron chi connectivity index (χ3n) is 1.30. The summed E-state index contributed by atoms with van der Waals surface area (Å²) in [6.07, 6.45) is 0. The summed E-state index contributed by atoms with van der Waals surface area (Å²) in [5, 5.41) is 0.520. The Morgan fingerprint density at radius 1 is 1.50 bits per heavy atom. The summed E-state index contributed by atoms with van der Waals surface area (Å²) in [5.74, 6) is 6.28. The van der Waals surface area contributed by atoms with Crippen molar-refractivity contribution in [2.75, 3.05) is 7.11 Å². The second kappa shape index (κ2) is 4.04. The molecule has 0 aliphatic heterocycles. The van der Waals surface area contributed by atoms with Gasteiger partial charge in [-0.3, -0.25) is 0 Å². The first-order chi connectivity index (χ1) is 5.76. The molecule has 0 aliphatic carbocycles. The van der Waals surface area contributed by atoms with E-state index in [0.717, 1.165) is 5.56 Å². The van der Waals surface area contributed by atoms with E-state index in [9.17, 15) is 0 Å². The number of methoxy groups -OCH3 is 1. The van der Waals surface area contributed by atoms with Crippen LogP contribution < -0.4 is 4.74 Å². The van der Waals surface area contributed by atoms with E-state index < -0.39 is 0 Å². The van der Waals surface area contributed by atoms with E-state index >= 15 is 0 Å². The highest BCUT2D eigenvalue weighted by molar-refractivity contribution is 6.30. The number of benzene rings is 1. The maximum absolute atomic E-state index is 5.76. The van der Waals surface area contributed by atoms with Gasteiger partial charge in [-0.1, -0.05) is 17.5 Å². The molecular formula is C10H8ClO. The maximum atomic E-state index is 5.76. The molecule has 0 amide bonds. The van der Waals surface area contributed by atoms with Crippen LogP contribution in [0.4, 0.5) is 0 Å². The minimum absolute atomic E-state index is 0.520. The lowest BCUT2D eigenvalue weighted by Crippen LogP contribution is -1.84. The molecule has 1 rings (SSSR count). The molecule has 0 atom stereocenters. The lowest BCUT2D eigenvalue weighted by atomic mass is 10.2. The molecular weight excluding hydrogens is 172 g/mol. The summed E-state index contributed by atoms with van der Waals surface area (Å²) in [6.45, 7) is 1.77. The third kappa shape index (κ3) is 2.18. The van der Waals surface area contributed by atoms with E-state index in [1.807, 2.05) is 0 Å². The van der Waals surface area contributed by atoms with E-state index in [1.54, 1.807) is 26.2 Å². The standard InChI is InChI=1S/C10H8ClO/c1-3-4-8-5-9(11)7-10(6-8)12-2/h5-6H,1-2H3. The van der Waals surface area contributed by atoms with Crippen LogP contribution in [-0.4, -0.2) is 7.11 Å². The smallest absolute Gasteiger partial charge is 0.129 e. The van der Waals surface area contributed by atoms with Crippen molar-refractivity contribution >= 4 is 11.6 Å². The van der Waals surface area contributed by atoms with Crippen LogP contribution >= 0.6 is 11.6 Å². The Morgan fingerprint density at radius 3 is 2.83 bits per heavy atom. The predicted molar refractivity (Wildman–Crippen MR) is 49.4 cm³/mol. The number of hydrogen-bond acceptors (Lipinski definition) is 1. The zero-order valence-electron chi connectivity index (χ0n) is 6.94. The highest BCUT2D eigenvalue weighted by atomic mass is 35.5. The summed E-state index contributed by atoms with van der Waals surface area (Å²) in [4.78, 5) is 0. The molecule has 0 N–H and O–H groups in total. The largest absolute Gasteiger partial charge is 0.496 e. The Bertz CT molecular complexity index is 333. The van der Waals surface area contributed by atoms with E-state index in [1.165, 1.54) is 0 Å². The summed E-state index contributed by atoms with van der Waals surface area (Å²) >= 11 is 5.76. The van der Waals surface area contributed by atoms with Crippen molar-refractivity contribution < 1.29 is 4.74 Å². The minimum Gasteiger partial charge on any atom is -0.496 e. The Balaban J connectivity index is 3.12. The highest BCUT2D eigenvalue weighted by Gasteiger charge is 1.97. The van der Waals surface area contributed by atoms with Gasteiger partial charge in [0.05, 0.1) is 12.1 Å². The fraction of sp³-hybridized carbons (Fsp3) is 0.200. The molecule has 1 aromatic rings. The molecule has 0 saturated heterocycles. The fourth-order valence-corrected chi connectivity index (χ4v) is 1.05. The molecule has 0 aliphatic rings. The van der Waals surface area contributed by atoms with Gasteiger partial charge in [0.2, 0.25) is 0 Å². The van der Waals surface area contributed by atoms with Gasteiger partial charge in [0.1, 0.15) is 5.75 Å². The molecule has 0 unspecified atom stereocenters. The molecule has 1 nitrogen and oxygen atoms in total. The molecule has 61 valence electrons. The van der Waals surface area contributed by atoms with Gasteiger partial charge >= 0.3 is 0 Å². The van der Waals surface area contributed by atoms with Crippen molar-refractivity contribution in [1.29, 1.82) is 0 Å². The number of rotatable bonds is 1. The topological polar surface area (TPSA) is 9.23 Å². The molecule has 0 heterocycles. The van der Waals surface area contributed by atoms with E-state index in [2.05, 4.69) is 17.9 Å². The molecule has 12 heavy (non-hydrogen) atoms. The van der Waals surface area contributed by atoms with Crippen molar-refractivity contribution in [1.82, 2.24) is 0 Å². The maximum Gasteiger partial charge on any atom is 0.129 e. The summed E-state index contributed by atoms with van der Waals surface area (Å²) < 4.78 is 4.97. The van der Waals surface area contributed by atoms with Gasteiger partial charge in [0, 0.05) is 11.6 Å². The summed E-state index contributed by atoms with van der Waals surface area (Å²) in [7, 11) is 1.57. The van der Waals surface area contributed by atoms with Gasteiger partial charge in [0.25, 0.3) is 0 Å². The van der Waals surface area contributed by atoms with Gasteiger partial charge in [-0.2, -0.15) is 0 Å². The minimum atomic E-state index is 0.520. The first-order valence-electron chi connectivity index (χ1n) is 3.46. The Morgan fingerprint density at radius 2 is 2.25 bits per heavy atom. The zero-order chi connectivity index (χ0) is 8.97. The molecule has 0 bridgehead atoms. The summed E-state index contributed by atoms with van der Waals surface area (Å²) in [5.41, 5.74) is 0.845. The van der Waals surface area contributed by atoms with Crippen molar-refractivity contribution in [3.63, 3.8) is 0 Å².